The number of likely N-dealkylation sites (tertiary alicyclic amines) is 1. The number of methoxy groups -OCH3 is 1. The molecule has 18 heteroatoms. The zero-order valence-corrected chi connectivity index (χ0v) is 27.7. The van der Waals surface area contributed by atoms with Crippen LogP contribution in [0, 0.1) is 0 Å². The molecule has 3 aromatic rings. The number of carbonyl (C=O) groups is 3. The number of aliphatic carboxylic acids is 1. The first-order valence-electron chi connectivity index (χ1n) is 16.0. The highest BCUT2D eigenvalue weighted by Crippen LogP contribution is 2.44. The fourth-order valence-electron chi connectivity index (χ4n) is 6.39. The van der Waals surface area contributed by atoms with Gasteiger partial charge in [-0.05, 0) is 62.4 Å². The van der Waals surface area contributed by atoms with E-state index >= 15 is 0 Å². The van der Waals surface area contributed by atoms with Crippen molar-refractivity contribution in [1.29, 1.82) is 0 Å². The van der Waals surface area contributed by atoms with Gasteiger partial charge in [0.1, 0.15) is 6.04 Å². The molecule has 0 unspecified atom stereocenters. The fraction of sp³-hybridized carbons (Fsp3) is 0.455. The Labute approximate surface area is 288 Å². The van der Waals surface area contributed by atoms with Gasteiger partial charge in [-0.3, -0.25) is 9.69 Å². The number of carboxylic acid groups (broad SMARTS) is 1. The van der Waals surface area contributed by atoms with Gasteiger partial charge in [0.2, 0.25) is 11.8 Å². The molecule has 51 heavy (non-hydrogen) atoms. The summed E-state index contributed by atoms with van der Waals surface area (Å²) in [6, 6.07) is 1.70. The summed E-state index contributed by atoms with van der Waals surface area (Å²) in [7, 11) is 1.34. The second-order valence-electron chi connectivity index (χ2n) is 11.9. The Hall–Kier alpha value is -5.16. The number of alkyl halides is 6. The van der Waals surface area contributed by atoms with Gasteiger partial charge in [0.15, 0.2) is 0 Å². The number of anilines is 2. The number of hydrogen-bond donors (Lipinski definition) is 1. The van der Waals surface area contributed by atoms with Gasteiger partial charge in [-0.25, -0.2) is 24.5 Å². The third-order valence-electron chi connectivity index (χ3n) is 8.77. The number of pyridine rings is 1. The van der Waals surface area contributed by atoms with Gasteiger partial charge >= 0.3 is 24.4 Å². The Bertz CT molecular complexity index is 1740. The Morgan fingerprint density at radius 1 is 1.00 bits per heavy atom. The van der Waals surface area contributed by atoms with Crippen LogP contribution in [0.1, 0.15) is 78.3 Å². The van der Waals surface area contributed by atoms with Crippen molar-refractivity contribution in [2.45, 2.75) is 76.6 Å². The van der Waals surface area contributed by atoms with E-state index in [2.05, 4.69) is 15.0 Å². The van der Waals surface area contributed by atoms with Gasteiger partial charge in [-0.15, -0.1) is 0 Å². The summed E-state index contributed by atoms with van der Waals surface area (Å²) in [6.45, 7) is 3.07. The van der Waals surface area contributed by atoms with Crippen LogP contribution < -0.4 is 14.5 Å². The maximum absolute atomic E-state index is 13.9. The molecule has 12 nitrogen and oxygen atoms in total. The predicted molar refractivity (Wildman–Crippen MR) is 168 cm³/mol. The number of carbonyl (C=O) groups excluding carboxylic acids is 2. The second-order valence-corrected chi connectivity index (χ2v) is 11.9. The van der Waals surface area contributed by atoms with E-state index in [9.17, 15) is 45.8 Å². The van der Waals surface area contributed by atoms with Crippen LogP contribution in [0.4, 0.5) is 42.8 Å². The van der Waals surface area contributed by atoms with Crippen molar-refractivity contribution in [3.63, 3.8) is 0 Å². The molecule has 2 aliphatic rings. The maximum Gasteiger partial charge on any atom is 0.416 e. The van der Waals surface area contributed by atoms with Crippen molar-refractivity contribution in [2.24, 2.45) is 0 Å². The third-order valence-corrected chi connectivity index (χ3v) is 8.77. The molecule has 1 saturated heterocycles. The molecule has 4 heterocycles. The standard InChI is InChI=1S/C33H34F6N6O6/c1-4-22-14-25(27-23(8-9-26(42-27)50-3)45(22)31(49)51-5-2)44(17-18-11-20(32(34,35)36)13-21(12-18)33(37,38)39)30-40-15-19(16-41-30)28(46)43-10-6-7-24(43)29(47)48/h8-9,11-13,15-16,22,24-25H,4-7,10,14,17H2,1-3H3,(H,47,48)/t22-,24+,25+/m1/s1. The van der Waals surface area contributed by atoms with Gasteiger partial charge in [0.25, 0.3) is 5.91 Å². The zero-order chi connectivity index (χ0) is 37.2. The van der Waals surface area contributed by atoms with Crippen LogP contribution in [0.25, 0.3) is 0 Å². The first kappa shape index (κ1) is 37.1. The number of hydrogen-bond acceptors (Lipinski definition) is 9. The monoisotopic (exact) mass is 724 g/mol. The summed E-state index contributed by atoms with van der Waals surface area (Å²) < 4.78 is 93.9. The van der Waals surface area contributed by atoms with Crippen LogP contribution in [-0.2, 0) is 28.4 Å². The molecule has 0 saturated carbocycles. The Kier molecular flexibility index (Phi) is 10.6. The van der Waals surface area contributed by atoms with Crippen LogP contribution in [0.2, 0.25) is 0 Å². The van der Waals surface area contributed by atoms with Crippen molar-refractivity contribution in [2.75, 3.05) is 30.1 Å². The molecule has 0 radical (unpaired) electrons. The summed E-state index contributed by atoms with van der Waals surface area (Å²) in [5.41, 5.74) is -3.04. The topological polar surface area (TPSA) is 138 Å². The zero-order valence-electron chi connectivity index (χ0n) is 27.7. The largest absolute Gasteiger partial charge is 0.481 e. The number of carboxylic acids is 1. The summed E-state index contributed by atoms with van der Waals surface area (Å²) in [6.07, 6.45) is -7.52. The van der Waals surface area contributed by atoms with E-state index in [-0.39, 0.29) is 66.4 Å². The lowest BCUT2D eigenvalue weighted by molar-refractivity contribution is -0.143. The first-order chi connectivity index (χ1) is 24.1. The van der Waals surface area contributed by atoms with Gasteiger partial charge in [-0.2, -0.15) is 26.3 Å². The lowest BCUT2D eigenvalue weighted by atomic mass is 9.92. The smallest absolute Gasteiger partial charge is 0.416 e. The van der Waals surface area contributed by atoms with Crippen LogP contribution >= 0.6 is 0 Å². The quantitative estimate of drug-likeness (QED) is 0.244. The molecular weight excluding hydrogens is 690 g/mol. The minimum absolute atomic E-state index is 0.0279. The molecular formula is C33H34F6N6O6. The summed E-state index contributed by atoms with van der Waals surface area (Å²) in [5.74, 6) is -1.91. The van der Waals surface area contributed by atoms with Crippen molar-refractivity contribution >= 4 is 29.6 Å². The summed E-state index contributed by atoms with van der Waals surface area (Å²) >= 11 is 0. The lowest BCUT2D eigenvalue weighted by Crippen LogP contribution is -2.48. The number of rotatable bonds is 9. The van der Waals surface area contributed by atoms with Gasteiger partial charge in [-0.1, -0.05) is 6.92 Å². The van der Waals surface area contributed by atoms with Crippen LogP contribution in [0.15, 0.2) is 42.7 Å². The summed E-state index contributed by atoms with van der Waals surface area (Å²) in [5, 5.41) is 9.54. The number of amides is 2. The number of aromatic nitrogens is 3. The highest BCUT2D eigenvalue weighted by atomic mass is 19.4. The molecule has 2 aromatic heterocycles. The average Bonchev–Trinajstić information content (AvgIpc) is 3.59. The lowest BCUT2D eigenvalue weighted by Gasteiger charge is -2.43. The molecule has 3 atom stereocenters. The average molecular weight is 725 g/mol. The molecule has 1 aromatic carbocycles. The van der Waals surface area contributed by atoms with Crippen molar-refractivity contribution in [1.82, 2.24) is 19.9 Å². The van der Waals surface area contributed by atoms with E-state index in [0.29, 0.717) is 25.0 Å². The number of benzene rings is 1. The fourth-order valence-corrected chi connectivity index (χ4v) is 6.39. The first-order valence-corrected chi connectivity index (χ1v) is 16.0. The predicted octanol–water partition coefficient (Wildman–Crippen LogP) is 6.50. The molecule has 274 valence electrons. The molecule has 5 rings (SSSR count). The number of nitrogens with zero attached hydrogens (tertiary/aromatic N) is 6. The molecule has 0 aliphatic carbocycles. The summed E-state index contributed by atoms with van der Waals surface area (Å²) in [4.78, 5) is 55.2. The van der Waals surface area contributed by atoms with Gasteiger partial charge < -0.3 is 24.4 Å². The van der Waals surface area contributed by atoms with Gasteiger partial charge in [0, 0.05) is 37.6 Å². The van der Waals surface area contributed by atoms with E-state index in [4.69, 9.17) is 9.47 Å². The highest BCUT2D eigenvalue weighted by Gasteiger charge is 2.42. The highest BCUT2D eigenvalue weighted by molar-refractivity contribution is 5.96. The van der Waals surface area contributed by atoms with Crippen molar-refractivity contribution in [3.8, 4) is 5.88 Å². The number of ether oxygens (including phenoxy) is 2. The van der Waals surface area contributed by atoms with Crippen molar-refractivity contribution in [3.05, 3.63) is 70.7 Å². The van der Waals surface area contributed by atoms with E-state index in [0.717, 1.165) is 12.4 Å². The molecule has 1 fully saturated rings. The van der Waals surface area contributed by atoms with Crippen LogP contribution in [0.5, 0.6) is 5.88 Å². The number of halogens is 6. The molecule has 2 aliphatic heterocycles. The van der Waals surface area contributed by atoms with Crippen LogP contribution in [0.3, 0.4) is 0 Å². The van der Waals surface area contributed by atoms with Crippen LogP contribution in [-0.4, -0.2) is 75.3 Å². The van der Waals surface area contributed by atoms with Gasteiger partial charge in [0.05, 0.1) is 47.8 Å². The number of fused-ring (bicyclic) bond motifs is 1. The Morgan fingerprint density at radius 2 is 1.65 bits per heavy atom. The second kappa shape index (κ2) is 14.6. The molecule has 0 bridgehead atoms. The third kappa shape index (κ3) is 7.78. The minimum atomic E-state index is -5.11. The Balaban J connectivity index is 1.66. The van der Waals surface area contributed by atoms with E-state index < -0.39 is 66.1 Å². The molecule has 1 N–H and O–H groups in total. The molecule has 2 amide bonds. The molecule has 0 spiro atoms. The van der Waals surface area contributed by atoms with E-state index in [1.807, 2.05) is 0 Å². The van der Waals surface area contributed by atoms with E-state index in [1.54, 1.807) is 19.9 Å². The maximum atomic E-state index is 13.9. The Morgan fingerprint density at radius 3 is 2.20 bits per heavy atom. The van der Waals surface area contributed by atoms with E-state index in [1.165, 1.54) is 27.9 Å². The SMILES string of the molecule is CCOC(=O)N1c2ccc(OC)nc2[C@@H](N(Cc2cc(C(F)(F)F)cc(C(F)(F)F)c2)c2ncc(C(=O)N3CCC[C@H]3C(=O)O)cn2)C[C@H]1CC. The van der Waals surface area contributed by atoms with Crippen molar-refractivity contribution < 1.29 is 55.3 Å². The minimum Gasteiger partial charge on any atom is -0.481 e. The normalized spacial score (nSPS) is 19.0.